The topological polar surface area (TPSA) is 92.3 Å². The molecule has 0 unspecified atom stereocenters. The fraction of sp³-hybridized carbons (Fsp3) is 0.600. The van der Waals surface area contributed by atoms with Gasteiger partial charge in [0.15, 0.2) is 23.0 Å². The van der Waals surface area contributed by atoms with E-state index >= 15 is 0 Å². The highest BCUT2D eigenvalue weighted by atomic mass is 28.3. The third kappa shape index (κ3) is 10.4. The average molecular weight is 593 g/mol. The molecule has 0 spiro atoms. The van der Waals surface area contributed by atoms with Gasteiger partial charge in [0.2, 0.25) is 0 Å². The van der Waals surface area contributed by atoms with Crippen molar-refractivity contribution in [2.24, 2.45) is 0 Å². The van der Waals surface area contributed by atoms with Crippen LogP contribution >= 0.6 is 0 Å². The second-order valence-corrected chi connectivity index (χ2v) is 14.4. The van der Waals surface area contributed by atoms with E-state index in [2.05, 4.69) is 37.4 Å². The molecule has 2 heterocycles. The molecule has 2 aliphatic heterocycles. The lowest BCUT2D eigenvalue weighted by atomic mass is 10.3. The summed E-state index contributed by atoms with van der Waals surface area (Å²) >= 11 is 0. The molecule has 0 radical (unpaired) electrons. The summed E-state index contributed by atoms with van der Waals surface area (Å²) in [6, 6.07) is 12.4. The minimum atomic E-state index is -2.17. The molecular formula is C30H44O10Si. The van der Waals surface area contributed by atoms with Crippen LogP contribution in [0.3, 0.4) is 0 Å². The number of rotatable bonds is 2. The number of hydrogen-bond donors (Lipinski definition) is 0. The Labute approximate surface area is 244 Å². The van der Waals surface area contributed by atoms with E-state index in [0.29, 0.717) is 129 Å². The van der Waals surface area contributed by atoms with Gasteiger partial charge < -0.3 is 47.4 Å². The summed E-state index contributed by atoms with van der Waals surface area (Å²) in [5, 5.41) is 2.41. The van der Waals surface area contributed by atoms with Gasteiger partial charge >= 0.3 is 0 Å². The van der Waals surface area contributed by atoms with Crippen LogP contribution in [0.15, 0.2) is 36.4 Å². The molecule has 0 amide bonds. The van der Waals surface area contributed by atoms with Crippen LogP contribution in [0.1, 0.15) is 0 Å². The highest BCUT2D eigenvalue weighted by Crippen LogP contribution is 2.29. The largest absolute Gasteiger partial charge is 0.487 e. The normalized spacial score (nSPS) is 19.6. The molecule has 10 nitrogen and oxygen atoms in total. The molecule has 0 saturated carbocycles. The lowest BCUT2D eigenvalue weighted by Gasteiger charge is -2.26. The second kappa shape index (κ2) is 17.5. The van der Waals surface area contributed by atoms with E-state index in [1.165, 1.54) is 10.4 Å². The Hall–Kier alpha value is -2.38. The molecule has 41 heavy (non-hydrogen) atoms. The Bertz CT molecular complexity index is 955. The summed E-state index contributed by atoms with van der Waals surface area (Å²) in [4.78, 5) is 0. The van der Waals surface area contributed by atoms with E-state index in [0.717, 1.165) is 0 Å². The fourth-order valence-corrected chi connectivity index (χ4v) is 6.67. The molecule has 0 saturated heterocycles. The van der Waals surface area contributed by atoms with Crippen molar-refractivity contribution in [1.29, 1.82) is 0 Å². The zero-order chi connectivity index (χ0) is 28.6. The molecule has 0 atom stereocenters. The van der Waals surface area contributed by atoms with Crippen LogP contribution in [0.2, 0.25) is 13.1 Å². The molecule has 228 valence electrons. The van der Waals surface area contributed by atoms with Gasteiger partial charge in [-0.2, -0.15) is 0 Å². The van der Waals surface area contributed by atoms with Crippen molar-refractivity contribution < 1.29 is 47.4 Å². The van der Waals surface area contributed by atoms with Crippen LogP contribution in [0.5, 0.6) is 23.0 Å². The van der Waals surface area contributed by atoms with Gasteiger partial charge in [0, 0.05) is 0 Å². The Kier molecular flexibility index (Phi) is 13.5. The minimum Gasteiger partial charge on any atom is -0.487 e. The summed E-state index contributed by atoms with van der Waals surface area (Å²) in [5.74, 6) is 2.79. The monoisotopic (exact) mass is 592 g/mol. The molecule has 4 rings (SSSR count). The Morgan fingerprint density at radius 3 is 0.951 bits per heavy atom. The fourth-order valence-electron chi connectivity index (χ4n) is 4.35. The van der Waals surface area contributed by atoms with Gasteiger partial charge in [0.05, 0.1) is 79.3 Å². The molecule has 0 aliphatic carbocycles. The van der Waals surface area contributed by atoms with Crippen molar-refractivity contribution in [3.63, 3.8) is 0 Å². The summed E-state index contributed by atoms with van der Waals surface area (Å²) in [6.45, 7) is 12.4. The predicted molar refractivity (Wildman–Crippen MR) is 157 cm³/mol. The molecule has 0 N–H and O–H groups in total. The third-order valence-corrected chi connectivity index (χ3v) is 10.3. The summed E-state index contributed by atoms with van der Waals surface area (Å²) < 4.78 is 57.8. The quantitative estimate of drug-likeness (QED) is 0.483. The van der Waals surface area contributed by atoms with Gasteiger partial charge in [-0.3, -0.25) is 0 Å². The van der Waals surface area contributed by atoms with Crippen molar-refractivity contribution in [2.75, 3.05) is 106 Å². The average Bonchev–Trinajstić information content (AvgIpc) is 2.99. The van der Waals surface area contributed by atoms with Crippen LogP contribution in [0.4, 0.5) is 0 Å². The smallest absolute Gasteiger partial charge is 0.161 e. The van der Waals surface area contributed by atoms with E-state index in [1.54, 1.807) is 0 Å². The first-order valence-electron chi connectivity index (χ1n) is 14.4. The zero-order valence-corrected chi connectivity index (χ0v) is 25.4. The van der Waals surface area contributed by atoms with Crippen molar-refractivity contribution in [3.05, 3.63) is 36.4 Å². The van der Waals surface area contributed by atoms with Crippen molar-refractivity contribution in [2.45, 2.75) is 13.1 Å². The summed E-state index contributed by atoms with van der Waals surface area (Å²) in [6.07, 6.45) is 0. The first-order chi connectivity index (χ1) is 20.1. The molecule has 2 aromatic rings. The lowest BCUT2D eigenvalue weighted by Crippen LogP contribution is -2.52. The van der Waals surface area contributed by atoms with Crippen LogP contribution in [0.25, 0.3) is 0 Å². The standard InChI is InChI=1S/C30H44O10Si/c1-41(2,25-3-5-27-29(23-25)39-21-17-35-13-9-31-7-11-33-15-19-37-27)26-4-6-28-30(24-26)40-22-18-36-14-10-32-8-12-34-16-20-38-28/h3-6,23-24H,7-22H2,1-2H3. The highest BCUT2D eigenvalue weighted by Gasteiger charge is 2.29. The first-order valence-corrected chi connectivity index (χ1v) is 17.4. The molecule has 2 aliphatic rings. The summed E-state index contributed by atoms with van der Waals surface area (Å²) in [5.41, 5.74) is 0. The number of hydrogen-bond acceptors (Lipinski definition) is 10. The van der Waals surface area contributed by atoms with Crippen molar-refractivity contribution >= 4 is 18.4 Å². The number of ether oxygens (including phenoxy) is 10. The molecule has 2 aromatic carbocycles. The summed E-state index contributed by atoms with van der Waals surface area (Å²) in [7, 11) is -2.17. The molecule has 0 aromatic heterocycles. The highest BCUT2D eigenvalue weighted by molar-refractivity contribution is 7.00. The van der Waals surface area contributed by atoms with Crippen LogP contribution < -0.4 is 29.3 Å². The van der Waals surface area contributed by atoms with E-state index < -0.39 is 8.07 Å². The van der Waals surface area contributed by atoms with Crippen LogP contribution in [-0.4, -0.2) is 114 Å². The van der Waals surface area contributed by atoms with E-state index in [1.807, 2.05) is 12.1 Å². The number of fused-ring (bicyclic) bond motifs is 2. The second-order valence-electron chi connectivity index (χ2n) is 10.0. The van der Waals surface area contributed by atoms with Gasteiger partial charge in [0.25, 0.3) is 0 Å². The predicted octanol–water partition coefficient (Wildman–Crippen LogP) is 2.15. The first kappa shape index (κ1) is 31.6. The van der Waals surface area contributed by atoms with E-state index in [9.17, 15) is 0 Å². The zero-order valence-electron chi connectivity index (χ0n) is 24.4. The van der Waals surface area contributed by atoms with Gasteiger partial charge in [-0.15, -0.1) is 0 Å². The molecule has 11 heteroatoms. The number of benzene rings is 2. The molecule has 0 fully saturated rings. The van der Waals surface area contributed by atoms with E-state index in [-0.39, 0.29) is 0 Å². The van der Waals surface area contributed by atoms with Crippen LogP contribution in [-0.2, 0) is 28.4 Å². The van der Waals surface area contributed by atoms with Crippen molar-refractivity contribution in [3.8, 4) is 23.0 Å². The maximum Gasteiger partial charge on any atom is 0.161 e. The third-order valence-electron chi connectivity index (χ3n) is 6.76. The maximum absolute atomic E-state index is 6.14. The SMILES string of the molecule is C[Si](C)(c1ccc2c(c1)OCCOCCOCCOCCO2)c1ccc2c(c1)OCCOCCOCCOCCO2. The van der Waals surface area contributed by atoms with Gasteiger partial charge in [-0.05, 0) is 24.3 Å². The van der Waals surface area contributed by atoms with E-state index in [4.69, 9.17) is 47.4 Å². The Morgan fingerprint density at radius 2 is 0.634 bits per heavy atom. The van der Waals surface area contributed by atoms with Gasteiger partial charge in [-0.1, -0.05) is 35.6 Å². The minimum absolute atomic E-state index is 0.417. The molecular weight excluding hydrogens is 548 g/mol. The Morgan fingerprint density at radius 1 is 0.366 bits per heavy atom. The van der Waals surface area contributed by atoms with Crippen LogP contribution in [0, 0.1) is 0 Å². The lowest BCUT2D eigenvalue weighted by molar-refractivity contribution is 0.00708. The van der Waals surface area contributed by atoms with Gasteiger partial charge in [-0.25, -0.2) is 0 Å². The van der Waals surface area contributed by atoms with Crippen molar-refractivity contribution in [1.82, 2.24) is 0 Å². The molecule has 0 bridgehead atoms. The van der Waals surface area contributed by atoms with Gasteiger partial charge in [0.1, 0.15) is 34.5 Å². The Balaban J connectivity index is 1.51. The maximum atomic E-state index is 6.14.